The van der Waals surface area contributed by atoms with E-state index in [4.69, 9.17) is 4.74 Å². The van der Waals surface area contributed by atoms with E-state index in [2.05, 4.69) is 20.5 Å². The minimum Gasteiger partial charge on any atom is -0.449 e. The molecule has 0 bridgehead atoms. The second-order valence-corrected chi connectivity index (χ2v) is 6.45. The maximum Gasteiger partial charge on any atom is 0.338 e. The summed E-state index contributed by atoms with van der Waals surface area (Å²) >= 11 is 1.52. The van der Waals surface area contributed by atoms with Crippen LogP contribution in [0.3, 0.4) is 0 Å². The lowest BCUT2D eigenvalue weighted by Gasteiger charge is -2.15. The van der Waals surface area contributed by atoms with Crippen LogP contribution in [0.15, 0.2) is 35.7 Å². The number of H-pyrrole nitrogens is 1. The molecular weight excluding hydrogens is 328 g/mol. The summed E-state index contributed by atoms with van der Waals surface area (Å²) in [7, 11) is 0. The van der Waals surface area contributed by atoms with Gasteiger partial charge in [-0.2, -0.15) is 5.10 Å². The van der Waals surface area contributed by atoms with E-state index in [1.165, 1.54) is 18.1 Å². The number of carbonyl (C=O) groups is 2. The lowest BCUT2D eigenvalue weighted by atomic mass is 10.1. The maximum atomic E-state index is 12.1. The van der Waals surface area contributed by atoms with E-state index < -0.39 is 12.1 Å². The third kappa shape index (κ3) is 5.38. The van der Waals surface area contributed by atoms with Crippen LogP contribution in [0.2, 0.25) is 0 Å². The summed E-state index contributed by atoms with van der Waals surface area (Å²) in [6.45, 7) is 5.25. The van der Waals surface area contributed by atoms with E-state index in [0.29, 0.717) is 11.3 Å². The van der Waals surface area contributed by atoms with Gasteiger partial charge in [0.25, 0.3) is 5.91 Å². The fourth-order valence-corrected chi connectivity index (χ4v) is 2.57. The summed E-state index contributed by atoms with van der Waals surface area (Å²) < 4.78 is 5.18. The number of esters is 1. The third-order valence-corrected chi connectivity index (χ3v) is 3.99. The van der Waals surface area contributed by atoms with Crippen molar-refractivity contribution in [2.24, 2.45) is 0 Å². The highest BCUT2D eigenvalue weighted by Crippen LogP contribution is 2.18. The minimum absolute atomic E-state index is 0.000188. The summed E-state index contributed by atoms with van der Waals surface area (Å²) in [5.41, 5.74) is 1.45. The predicted molar refractivity (Wildman–Crippen MR) is 90.5 cm³/mol. The third-order valence-electron chi connectivity index (χ3n) is 3.04. The van der Waals surface area contributed by atoms with Crippen molar-refractivity contribution in [3.05, 3.63) is 41.7 Å². The number of hydrogen-bond acceptors (Lipinski definition) is 6. The molecule has 0 aliphatic carbocycles. The van der Waals surface area contributed by atoms with Crippen LogP contribution >= 0.6 is 11.8 Å². The monoisotopic (exact) mass is 348 g/mol. The highest BCUT2D eigenvalue weighted by atomic mass is 32.2. The van der Waals surface area contributed by atoms with Crippen molar-refractivity contribution in [3.8, 4) is 0 Å². The molecule has 0 fully saturated rings. The second kappa shape index (κ2) is 8.49. The summed E-state index contributed by atoms with van der Waals surface area (Å²) in [4.78, 5) is 27.9. The molecule has 2 rings (SSSR count). The summed E-state index contributed by atoms with van der Waals surface area (Å²) in [6, 6.07) is 7.06. The average Bonchev–Trinajstić information content (AvgIpc) is 3.06. The minimum atomic E-state index is -0.832. The van der Waals surface area contributed by atoms with Gasteiger partial charge in [0.2, 0.25) is 0 Å². The van der Waals surface area contributed by atoms with Gasteiger partial charge < -0.3 is 10.1 Å². The van der Waals surface area contributed by atoms with Crippen molar-refractivity contribution in [3.63, 3.8) is 0 Å². The van der Waals surface area contributed by atoms with Crippen LogP contribution in [-0.4, -0.2) is 39.2 Å². The molecule has 1 aromatic heterocycles. The van der Waals surface area contributed by atoms with Crippen molar-refractivity contribution < 1.29 is 14.3 Å². The molecule has 0 spiro atoms. The van der Waals surface area contributed by atoms with Gasteiger partial charge in [-0.15, -0.1) is 0 Å². The smallest absolute Gasteiger partial charge is 0.338 e. The van der Waals surface area contributed by atoms with E-state index >= 15 is 0 Å². The van der Waals surface area contributed by atoms with Gasteiger partial charge in [-0.05, 0) is 38.5 Å². The van der Waals surface area contributed by atoms with Crippen LogP contribution in [0.25, 0.3) is 0 Å². The first-order valence-corrected chi connectivity index (χ1v) is 8.52. The molecule has 0 saturated heterocycles. The number of amides is 1. The standard InChI is InChI=1S/C16H20N4O3S/c1-10(2)19-14(21)11(3)23-15(22)13-6-4-12(5-7-13)8-24-16-17-9-18-20-16/h4-7,9-11H,8H2,1-3H3,(H,19,21)(H,17,18,20)/t11-/m1/s1. The van der Waals surface area contributed by atoms with E-state index in [9.17, 15) is 9.59 Å². The van der Waals surface area contributed by atoms with Gasteiger partial charge in [0.1, 0.15) is 6.33 Å². The molecule has 7 nitrogen and oxygen atoms in total. The summed E-state index contributed by atoms with van der Waals surface area (Å²) in [5, 5.41) is 10.00. The number of ether oxygens (including phenoxy) is 1. The molecule has 0 aliphatic heterocycles. The van der Waals surface area contributed by atoms with Gasteiger partial charge in [-0.1, -0.05) is 23.9 Å². The molecule has 2 N–H and O–H groups in total. The van der Waals surface area contributed by atoms with E-state index in [1.807, 2.05) is 26.0 Å². The maximum absolute atomic E-state index is 12.1. The van der Waals surface area contributed by atoms with E-state index in [-0.39, 0.29) is 11.9 Å². The Bertz CT molecular complexity index is 671. The number of hydrogen-bond donors (Lipinski definition) is 2. The Labute approximate surface area is 144 Å². The number of nitrogens with zero attached hydrogens (tertiary/aromatic N) is 2. The summed E-state index contributed by atoms with van der Waals surface area (Å²) in [5.74, 6) is -0.119. The molecule has 8 heteroatoms. The normalized spacial score (nSPS) is 12.0. The fourth-order valence-electron chi connectivity index (χ4n) is 1.84. The van der Waals surface area contributed by atoms with E-state index in [1.54, 1.807) is 19.1 Å². The highest BCUT2D eigenvalue weighted by Gasteiger charge is 2.19. The van der Waals surface area contributed by atoms with Crippen LogP contribution in [0.4, 0.5) is 0 Å². The SMILES string of the molecule is CC(C)NC(=O)[C@@H](C)OC(=O)c1ccc(CSc2ncn[nH]2)cc1. The van der Waals surface area contributed by atoms with Crippen molar-refractivity contribution >= 4 is 23.6 Å². The molecule has 1 heterocycles. The van der Waals surface area contributed by atoms with Gasteiger partial charge in [-0.25, -0.2) is 9.78 Å². The molecule has 0 radical (unpaired) electrons. The first-order chi connectivity index (χ1) is 11.5. The average molecular weight is 348 g/mol. The first kappa shape index (κ1) is 18.0. The van der Waals surface area contributed by atoms with Gasteiger partial charge in [0.15, 0.2) is 11.3 Å². The number of aromatic amines is 1. The van der Waals surface area contributed by atoms with Crippen LogP contribution < -0.4 is 5.32 Å². The topological polar surface area (TPSA) is 97.0 Å². The van der Waals surface area contributed by atoms with Crippen LogP contribution in [-0.2, 0) is 15.3 Å². The quantitative estimate of drug-likeness (QED) is 0.588. The number of nitrogens with one attached hydrogen (secondary N) is 2. The Morgan fingerprint density at radius 2 is 1.96 bits per heavy atom. The molecule has 0 saturated carbocycles. The van der Waals surface area contributed by atoms with Crippen molar-refractivity contribution in [1.29, 1.82) is 0 Å². The molecule has 1 atom stereocenters. The Kier molecular flexibility index (Phi) is 6.36. The Morgan fingerprint density at radius 3 is 2.54 bits per heavy atom. The molecule has 1 aromatic carbocycles. The lowest BCUT2D eigenvalue weighted by Crippen LogP contribution is -2.39. The molecule has 0 aliphatic rings. The molecule has 2 aromatic rings. The zero-order valence-corrected chi connectivity index (χ0v) is 14.6. The van der Waals surface area contributed by atoms with Crippen LogP contribution in [0.1, 0.15) is 36.7 Å². The number of thioether (sulfide) groups is 1. The molecule has 1 amide bonds. The number of benzene rings is 1. The second-order valence-electron chi connectivity index (χ2n) is 5.49. The molecule has 0 unspecified atom stereocenters. The Hall–Kier alpha value is -2.35. The summed E-state index contributed by atoms with van der Waals surface area (Å²) in [6.07, 6.45) is 0.625. The Morgan fingerprint density at radius 1 is 1.25 bits per heavy atom. The van der Waals surface area contributed by atoms with Gasteiger partial charge in [-0.3, -0.25) is 9.89 Å². The van der Waals surface area contributed by atoms with Crippen molar-refractivity contribution in [2.75, 3.05) is 0 Å². The largest absolute Gasteiger partial charge is 0.449 e. The zero-order valence-electron chi connectivity index (χ0n) is 13.8. The van der Waals surface area contributed by atoms with Crippen molar-refractivity contribution in [2.45, 2.75) is 43.8 Å². The Balaban J connectivity index is 1.87. The number of rotatable bonds is 7. The number of aromatic nitrogens is 3. The van der Waals surface area contributed by atoms with E-state index in [0.717, 1.165) is 10.7 Å². The van der Waals surface area contributed by atoms with Crippen molar-refractivity contribution in [1.82, 2.24) is 20.5 Å². The first-order valence-electron chi connectivity index (χ1n) is 7.54. The van der Waals surface area contributed by atoms with Gasteiger partial charge in [0, 0.05) is 11.8 Å². The molecular formula is C16H20N4O3S. The van der Waals surface area contributed by atoms with Gasteiger partial charge in [0.05, 0.1) is 5.56 Å². The predicted octanol–water partition coefficient (Wildman–Crippen LogP) is 2.17. The number of carbonyl (C=O) groups excluding carboxylic acids is 2. The van der Waals surface area contributed by atoms with Crippen LogP contribution in [0.5, 0.6) is 0 Å². The molecule has 24 heavy (non-hydrogen) atoms. The molecule has 128 valence electrons. The fraction of sp³-hybridized carbons (Fsp3) is 0.375. The van der Waals surface area contributed by atoms with Gasteiger partial charge >= 0.3 is 5.97 Å². The zero-order chi connectivity index (χ0) is 17.5. The van der Waals surface area contributed by atoms with Crippen LogP contribution in [0, 0.1) is 0 Å². The highest BCUT2D eigenvalue weighted by molar-refractivity contribution is 7.98. The lowest BCUT2D eigenvalue weighted by molar-refractivity contribution is -0.129.